The van der Waals surface area contributed by atoms with Crippen molar-refractivity contribution >= 4 is 97.5 Å². The van der Waals surface area contributed by atoms with Crippen LogP contribution in [0.15, 0.2) is 237 Å². The number of aromatic nitrogens is 5. The first-order valence-electron chi connectivity index (χ1n) is 23.8. The third-order valence-electron chi connectivity index (χ3n) is 14.5. The molecule has 0 aliphatic carbocycles. The number of fused-ring (bicyclic) bond motifs is 13. The molecule has 0 spiro atoms. The van der Waals surface area contributed by atoms with Crippen LogP contribution in [-0.4, -0.2) is 24.1 Å². The van der Waals surface area contributed by atoms with Gasteiger partial charge in [-0.25, -0.2) is 15.0 Å². The standard InChI is InChI=1S/C65H39N5/c1-2-17-42(18-3-1)63-66-64(45-34-35-47-44(37-45)32-31-40-15-4-6-20-46(40)47)68-65(67-63)54-26-13-25-50-49(54)24-14-30-58(50)69-57-27-10-9-23-52(57)56-39-55-43(38-61(56)69)19-12-29-60(55)70-59-28-11-8-22-51(59)53-36-33-41-16-5-7-21-48(41)62(53)70/h1-39H. The molecule has 0 aliphatic heterocycles. The number of hydrogen-bond donors (Lipinski definition) is 0. The fourth-order valence-corrected chi connectivity index (χ4v) is 11.3. The molecule has 12 aromatic carbocycles. The van der Waals surface area contributed by atoms with Gasteiger partial charge in [0, 0.05) is 54.4 Å². The lowest BCUT2D eigenvalue weighted by atomic mass is 10.00. The van der Waals surface area contributed by atoms with Crippen molar-refractivity contribution in [1.29, 1.82) is 0 Å². The van der Waals surface area contributed by atoms with Gasteiger partial charge in [-0.05, 0) is 80.2 Å². The Morgan fingerprint density at radius 2 is 0.771 bits per heavy atom. The van der Waals surface area contributed by atoms with Gasteiger partial charge >= 0.3 is 0 Å². The van der Waals surface area contributed by atoms with Gasteiger partial charge in [0.25, 0.3) is 0 Å². The van der Waals surface area contributed by atoms with E-state index in [2.05, 4.69) is 228 Å². The van der Waals surface area contributed by atoms with Crippen LogP contribution in [0, 0.1) is 0 Å². The maximum atomic E-state index is 5.30. The molecule has 3 aromatic heterocycles. The lowest BCUT2D eigenvalue weighted by molar-refractivity contribution is 1.08. The summed E-state index contributed by atoms with van der Waals surface area (Å²) in [6.07, 6.45) is 0. The lowest BCUT2D eigenvalue weighted by Gasteiger charge is -2.15. The van der Waals surface area contributed by atoms with Crippen LogP contribution in [-0.2, 0) is 0 Å². The Morgan fingerprint density at radius 1 is 0.243 bits per heavy atom. The van der Waals surface area contributed by atoms with Gasteiger partial charge < -0.3 is 9.13 Å². The van der Waals surface area contributed by atoms with E-state index in [4.69, 9.17) is 15.0 Å². The normalized spacial score (nSPS) is 12.0. The Balaban J connectivity index is 0.935. The summed E-state index contributed by atoms with van der Waals surface area (Å²) >= 11 is 0. The van der Waals surface area contributed by atoms with E-state index in [1.165, 1.54) is 70.3 Å². The Hall–Kier alpha value is -9.45. The van der Waals surface area contributed by atoms with Gasteiger partial charge in [-0.15, -0.1) is 0 Å². The second-order valence-corrected chi connectivity index (χ2v) is 18.3. The van der Waals surface area contributed by atoms with Gasteiger partial charge in [0.05, 0.1) is 33.4 Å². The zero-order chi connectivity index (χ0) is 45.9. The Labute approximate surface area is 401 Å². The SMILES string of the molecule is c1ccc(-c2nc(-c3ccc4c(ccc5ccccc54)c3)nc(-c3cccc4c(-n5c6ccccc6c6cc7c(-n8c9ccccc9c9ccc%10ccccc%10c98)cccc7cc65)cccc34)n2)cc1. The number of para-hydroxylation sites is 2. The van der Waals surface area contributed by atoms with Gasteiger partial charge in [0.15, 0.2) is 17.5 Å². The van der Waals surface area contributed by atoms with Crippen molar-refractivity contribution in [2.75, 3.05) is 0 Å². The summed E-state index contributed by atoms with van der Waals surface area (Å²) in [5.41, 5.74) is 9.80. The Bertz CT molecular complexity index is 4660. The Kier molecular flexibility index (Phi) is 8.29. The smallest absolute Gasteiger partial charge is 0.164 e. The molecule has 0 saturated heterocycles. The summed E-state index contributed by atoms with van der Waals surface area (Å²) in [7, 11) is 0. The van der Waals surface area contributed by atoms with Gasteiger partial charge in [-0.3, -0.25) is 0 Å². The zero-order valence-corrected chi connectivity index (χ0v) is 37.8. The summed E-state index contributed by atoms with van der Waals surface area (Å²) in [6, 6.07) is 85.3. The van der Waals surface area contributed by atoms with Crippen molar-refractivity contribution in [3.8, 4) is 45.5 Å². The largest absolute Gasteiger partial charge is 0.309 e. The summed E-state index contributed by atoms with van der Waals surface area (Å²) in [5, 5.41) is 16.7. The average Bonchev–Trinajstić information content (AvgIpc) is 3.94. The number of hydrogen-bond acceptors (Lipinski definition) is 3. The molecular formula is C65H39N5. The molecule has 0 fully saturated rings. The highest BCUT2D eigenvalue weighted by molar-refractivity contribution is 6.21. The molecule has 5 heteroatoms. The second-order valence-electron chi connectivity index (χ2n) is 18.3. The van der Waals surface area contributed by atoms with Crippen molar-refractivity contribution in [1.82, 2.24) is 24.1 Å². The predicted molar refractivity (Wildman–Crippen MR) is 292 cm³/mol. The van der Waals surface area contributed by atoms with Gasteiger partial charge in [-0.2, -0.15) is 0 Å². The molecule has 0 radical (unpaired) electrons. The number of rotatable bonds is 5. The Morgan fingerprint density at radius 3 is 1.60 bits per heavy atom. The van der Waals surface area contributed by atoms with E-state index in [9.17, 15) is 0 Å². The van der Waals surface area contributed by atoms with Gasteiger partial charge in [-0.1, -0.05) is 194 Å². The molecule has 0 aliphatic rings. The van der Waals surface area contributed by atoms with E-state index in [1.54, 1.807) is 0 Å². The molecule has 0 amide bonds. The monoisotopic (exact) mass is 889 g/mol. The van der Waals surface area contributed by atoms with E-state index in [-0.39, 0.29) is 0 Å². The summed E-state index contributed by atoms with van der Waals surface area (Å²) < 4.78 is 4.94. The molecule has 0 atom stereocenters. The van der Waals surface area contributed by atoms with E-state index < -0.39 is 0 Å². The molecule has 324 valence electrons. The first-order valence-corrected chi connectivity index (χ1v) is 23.8. The van der Waals surface area contributed by atoms with Crippen molar-refractivity contribution in [2.45, 2.75) is 0 Å². The fourth-order valence-electron chi connectivity index (χ4n) is 11.3. The zero-order valence-electron chi connectivity index (χ0n) is 37.8. The summed E-state index contributed by atoms with van der Waals surface area (Å²) in [4.78, 5) is 15.7. The number of nitrogens with zero attached hydrogens (tertiary/aromatic N) is 5. The first kappa shape index (κ1) is 38.6. The fraction of sp³-hybridized carbons (Fsp3) is 0. The van der Waals surface area contributed by atoms with Crippen LogP contribution in [0.1, 0.15) is 0 Å². The molecule has 0 N–H and O–H groups in total. The third kappa shape index (κ3) is 5.76. The van der Waals surface area contributed by atoms with E-state index >= 15 is 0 Å². The highest BCUT2D eigenvalue weighted by Gasteiger charge is 2.21. The van der Waals surface area contributed by atoms with E-state index in [0.29, 0.717) is 17.5 Å². The van der Waals surface area contributed by atoms with Crippen LogP contribution >= 0.6 is 0 Å². The van der Waals surface area contributed by atoms with Crippen LogP contribution in [0.2, 0.25) is 0 Å². The van der Waals surface area contributed by atoms with Crippen LogP contribution in [0.4, 0.5) is 0 Å². The van der Waals surface area contributed by atoms with E-state index in [1.807, 2.05) is 18.2 Å². The summed E-state index contributed by atoms with van der Waals surface area (Å²) in [6.45, 7) is 0. The summed E-state index contributed by atoms with van der Waals surface area (Å²) in [5.74, 6) is 1.90. The van der Waals surface area contributed by atoms with Crippen molar-refractivity contribution < 1.29 is 0 Å². The van der Waals surface area contributed by atoms with Crippen molar-refractivity contribution in [2.24, 2.45) is 0 Å². The third-order valence-corrected chi connectivity index (χ3v) is 14.5. The van der Waals surface area contributed by atoms with Crippen LogP contribution < -0.4 is 0 Å². The molecule has 3 heterocycles. The molecule has 15 aromatic rings. The first-order chi connectivity index (χ1) is 34.7. The minimum absolute atomic E-state index is 0.629. The maximum Gasteiger partial charge on any atom is 0.164 e. The quantitative estimate of drug-likeness (QED) is 0.162. The lowest BCUT2D eigenvalue weighted by Crippen LogP contribution is -2.01. The second kappa shape index (κ2) is 15.0. The van der Waals surface area contributed by atoms with Crippen molar-refractivity contribution in [3.05, 3.63) is 237 Å². The predicted octanol–water partition coefficient (Wildman–Crippen LogP) is 16.8. The average molecular weight is 890 g/mol. The molecular weight excluding hydrogens is 851 g/mol. The van der Waals surface area contributed by atoms with Gasteiger partial charge in [0.1, 0.15) is 0 Å². The number of benzene rings is 12. The molecule has 5 nitrogen and oxygen atoms in total. The van der Waals surface area contributed by atoms with Crippen LogP contribution in [0.3, 0.4) is 0 Å². The highest BCUT2D eigenvalue weighted by atomic mass is 15.0. The van der Waals surface area contributed by atoms with Crippen LogP contribution in [0.5, 0.6) is 0 Å². The molecule has 0 saturated carbocycles. The van der Waals surface area contributed by atoms with Gasteiger partial charge in [0.2, 0.25) is 0 Å². The molecule has 15 rings (SSSR count). The minimum Gasteiger partial charge on any atom is -0.309 e. The highest BCUT2D eigenvalue weighted by Crippen LogP contribution is 2.43. The van der Waals surface area contributed by atoms with E-state index in [0.717, 1.165) is 55.3 Å². The van der Waals surface area contributed by atoms with Crippen molar-refractivity contribution in [3.63, 3.8) is 0 Å². The molecule has 0 bridgehead atoms. The van der Waals surface area contributed by atoms with Crippen LogP contribution in [0.25, 0.3) is 143 Å². The molecule has 0 unspecified atom stereocenters. The minimum atomic E-state index is 0.629. The topological polar surface area (TPSA) is 48.5 Å². The molecule has 70 heavy (non-hydrogen) atoms. The maximum absolute atomic E-state index is 5.30.